The first-order valence-electron chi connectivity index (χ1n) is 11.9. The number of fused-ring (bicyclic) bond motifs is 1. The zero-order valence-corrected chi connectivity index (χ0v) is 23.0. The Morgan fingerprint density at radius 2 is 2.00 bits per heavy atom. The highest BCUT2D eigenvalue weighted by Crippen LogP contribution is 2.43. The minimum absolute atomic E-state index is 0.0104. The van der Waals surface area contributed by atoms with E-state index < -0.39 is 23.9 Å². The van der Waals surface area contributed by atoms with Crippen molar-refractivity contribution in [3.05, 3.63) is 81.0 Å². The van der Waals surface area contributed by atoms with Crippen LogP contribution in [0.4, 0.5) is 14.5 Å². The maximum atomic E-state index is 13.7. The van der Waals surface area contributed by atoms with Crippen LogP contribution in [0.2, 0.25) is 5.02 Å². The van der Waals surface area contributed by atoms with Gasteiger partial charge in [0, 0.05) is 23.7 Å². The quantitative estimate of drug-likeness (QED) is 0.216. The fourth-order valence-corrected chi connectivity index (χ4v) is 5.48. The second-order valence-electron chi connectivity index (χ2n) is 8.91. The number of para-hydroxylation sites is 1. The summed E-state index contributed by atoms with van der Waals surface area (Å²) in [4.78, 5) is 29.7. The molecular weight excluding hydrogens is 564 g/mol. The van der Waals surface area contributed by atoms with Crippen molar-refractivity contribution < 1.29 is 27.5 Å². The molecule has 4 aromatic heterocycles. The molecule has 1 aromatic carbocycles. The lowest BCUT2D eigenvalue weighted by molar-refractivity contribution is 0.0992. The van der Waals surface area contributed by atoms with Crippen LogP contribution < -0.4 is 15.8 Å². The van der Waals surface area contributed by atoms with E-state index in [0.717, 1.165) is 16.9 Å². The van der Waals surface area contributed by atoms with E-state index >= 15 is 0 Å². The average Bonchev–Trinajstić information content (AvgIpc) is 3.61. The van der Waals surface area contributed by atoms with Gasteiger partial charge in [0.2, 0.25) is 0 Å². The van der Waals surface area contributed by atoms with E-state index in [4.69, 9.17) is 26.5 Å². The average molecular weight is 586 g/mol. The lowest BCUT2D eigenvalue weighted by atomic mass is 10.0. The maximum absolute atomic E-state index is 13.7. The van der Waals surface area contributed by atoms with Crippen molar-refractivity contribution in [2.45, 2.75) is 26.9 Å². The van der Waals surface area contributed by atoms with Gasteiger partial charge in [0.05, 0.1) is 16.9 Å². The van der Waals surface area contributed by atoms with Gasteiger partial charge < -0.3 is 20.2 Å². The van der Waals surface area contributed by atoms with Crippen molar-refractivity contribution in [3.63, 3.8) is 0 Å². The molecule has 0 bridgehead atoms. The molecule has 0 aliphatic rings. The van der Waals surface area contributed by atoms with Gasteiger partial charge in [-0.2, -0.15) is 5.10 Å². The van der Waals surface area contributed by atoms with E-state index in [2.05, 4.69) is 15.4 Å². The third-order valence-electron chi connectivity index (χ3n) is 6.30. The molecule has 4 heterocycles. The van der Waals surface area contributed by atoms with Crippen LogP contribution in [-0.2, 0) is 13.7 Å². The molecule has 40 heavy (non-hydrogen) atoms. The molecule has 0 saturated heterocycles. The van der Waals surface area contributed by atoms with Crippen LogP contribution in [0.1, 0.15) is 49.4 Å². The number of benzene rings is 1. The molecule has 2 amide bonds. The number of furan rings is 1. The Bertz CT molecular complexity index is 1760. The summed E-state index contributed by atoms with van der Waals surface area (Å²) >= 11 is 7.02. The van der Waals surface area contributed by atoms with Gasteiger partial charge in [0.25, 0.3) is 18.2 Å². The highest BCUT2D eigenvalue weighted by atomic mass is 35.5. The molecule has 0 fully saturated rings. The van der Waals surface area contributed by atoms with Crippen LogP contribution in [0.3, 0.4) is 0 Å². The number of nitrogens with zero attached hydrogens (tertiary/aromatic N) is 3. The standard InChI is InChI=1S/C27H22ClF2N5O4S/c1-12-5-4-6-17(28)22(12)38-11-14-7-8-19(39-14)26(37)34-21-20-15(16-10-32-35(3)13(16)2)9-18(24(29)30)33-27(20)40-23(21)25(31)36/h4-10,24H,11H2,1-3H3,(H2,31,36)(H,34,37). The Hall–Kier alpha value is -4.29. The maximum Gasteiger partial charge on any atom is 0.291 e. The number of amides is 2. The molecule has 0 atom stereocenters. The fourth-order valence-electron chi connectivity index (χ4n) is 4.19. The number of nitrogens with one attached hydrogen (secondary N) is 1. The third-order valence-corrected chi connectivity index (χ3v) is 7.70. The number of rotatable bonds is 8. The molecule has 0 spiro atoms. The number of thiophene rings is 1. The minimum Gasteiger partial charge on any atom is -0.484 e. The smallest absolute Gasteiger partial charge is 0.291 e. The normalized spacial score (nSPS) is 11.4. The summed E-state index contributed by atoms with van der Waals surface area (Å²) in [6, 6.07) is 9.60. The topological polar surface area (TPSA) is 125 Å². The van der Waals surface area contributed by atoms with Crippen LogP contribution in [0.5, 0.6) is 5.75 Å². The van der Waals surface area contributed by atoms with Gasteiger partial charge >= 0.3 is 0 Å². The molecule has 0 radical (unpaired) electrons. The molecule has 0 unspecified atom stereocenters. The summed E-state index contributed by atoms with van der Waals surface area (Å²) in [5.74, 6) is -0.759. The Morgan fingerprint density at radius 3 is 2.65 bits per heavy atom. The van der Waals surface area contributed by atoms with Crippen molar-refractivity contribution >= 4 is 50.7 Å². The molecule has 3 N–H and O–H groups in total. The van der Waals surface area contributed by atoms with Gasteiger partial charge in [0.1, 0.15) is 33.5 Å². The number of primary amides is 1. The first-order chi connectivity index (χ1) is 19.0. The summed E-state index contributed by atoms with van der Waals surface area (Å²) in [7, 11) is 1.71. The van der Waals surface area contributed by atoms with Crippen molar-refractivity contribution in [2.24, 2.45) is 12.8 Å². The van der Waals surface area contributed by atoms with E-state index in [0.29, 0.717) is 33.4 Å². The molecule has 5 rings (SSSR count). The zero-order chi connectivity index (χ0) is 28.7. The van der Waals surface area contributed by atoms with Crippen LogP contribution >= 0.6 is 22.9 Å². The number of aromatic nitrogens is 3. The zero-order valence-electron chi connectivity index (χ0n) is 21.4. The van der Waals surface area contributed by atoms with E-state index in [-0.39, 0.29) is 33.1 Å². The molecule has 0 saturated carbocycles. The number of anilines is 1. The predicted molar refractivity (Wildman–Crippen MR) is 147 cm³/mol. The number of hydrogen-bond acceptors (Lipinski definition) is 7. The first kappa shape index (κ1) is 27.3. The summed E-state index contributed by atoms with van der Waals surface area (Å²) < 4.78 is 40.5. The minimum atomic E-state index is -2.87. The predicted octanol–water partition coefficient (Wildman–Crippen LogP) is 6.43. The number of nitrogens with two attached hydrogens (primary N) is 1. The Balaban J connectivity index is 1.51. The first-order valence-corrected chi connectivity index (χ1v) is 13.1. The number of hydrogen-bond donors (Lipinski definition) is 2. The highest BCUT2D eigenvalue weighted by Gasteiger charge is 2.27. The summed E-state index contributed by atoms with van der Waals surface area (Å²) in [5, 5.41) is 7.62. The van der Waals surface area contributed by atoms with Gasteiger partial charge in [-0.15, -0.1) is 11.3 Å². The van der Waals surface area contributed by atoms with E-state index in [1.54, 1.807) is 36.9 Å². The van der Waals surface area contributed by atoms with E-state index in [1.807, 2.05) is 13.0 Å². The molecule has 0 aliphatic heterocycles. The van der Waals surface area contributed by atoms with E-state index in [1.165, 1.54) is 18.3 Å². The van der Waals surface area contributed by atoms with Crippen molar-refractivity contribution in [3.8, 4) is 16.9 Å². The Labute approximate surface area is 235 Å². The van der Waals surface area contributed by atoms with Crippen molar-refractivity contribution in [2.75, 3.05) is 5.32 Å². The number of carbonyl (C=O) groups is 2. The SMILES string of the molecule is Cc1cccc(Cl)c1OCc1ccc(C(=O)Nc2c(C(N)=O)sc3nc(C(F)F)cc(-c4cnn(C)c4C)c23)o1. The van der Waals surface area contributed by atoms with Crippen LogP contribution in [-0.4, -0.2) is 26.6 Å². The van der Waals surface area contributed by atoms with Crippen molar-refractivity contribution in [1.82, 2.24) is 14.8 Å². The van der Waals surface area contributed by atoms with Gasteiger partial charge in [-0.3, -0.25) is 14.3 Å². The molecule has 5 aromatic rings. The van der Waals surface area contributed by atoms with Gasteiger partial charge in [0.15, 0.2) is 5.76 Å². The number of halogens is 3. The fraction of sp³-hybridized carbons (Fsp3) is 0.185. The lowest BCUT2D eigenvalue weighted by Gasteiger charge is -2.10. The highest BCUT2D eigenvalue weighted by molar-refractivity contribution is 7.21. The molecule has 206 valence electrons. The number of pyridine rings is 1. The number of ether oxygens (including phenoxy) is 1. The molecular formula is C27H22ClF2N5O4S. The Kier molecular flexibility index (Phi) is 7.30. The van der Waals surface area contributed by atoms with Gasteiger partial charge in [-0.25, -0.2) is 13.8 Å². The van der Waals surface area contributed by atoms with Gasteiger partial charge in [-0.1, -0.05) is 23.7 Å². The van der Waals surface area contributed by atoms with Gasteiger partial charge in [-0.05, 0) is 49.2 Å². The summed E-state index contributed by atoms with van der Waals surface area (Å²) in [6.07, 6.45) is -1.35. The Morgan fingerprint density at radius 1 is 1.23 bits per heavy atom. The monoisotopic (exact) mass is 585 g/mol. The second-order valence-corrected chi connectivity index (χ2v) is 10.3. The van der Waals surface area contributed by atoms with Crippen LogP contribution in [0.15, 0.2) is 47.0 Å². The number of carbonyl (C=O) groups excluding carboxylic acids is 2. The third kappa shape index (κ3) is 5.03. The lowest BCUT2D eigenvalue weighted by Crippen LogP contribution is -2.16. The van der Waals surface area contributed by atoms with Crippen LogP contribution in [0.25, 0.3) is 21.3 Å². The largest absolute Gasteiger partial charge is 0.484 e. The second kappa shape index (κ2) is 10.7. The number of aryl methyl sites for hydroxylation is 2. The van der Waals surface area contributed by atoms with Crippen molar-refractivity contribution in [1.29, 1.82) is 0 Å². The summed E-state index contributed by atoms with van der Waals surface area (Å²) in [5.41, 5.74) is 7.56. The summed E-state index contributed by atoms with van der Waals surface area (Å²) in [6.45, 7) is 3.63. The van der Waals surface area contributed by atoms with Crippen LogP contribution in [0, 0.1) is 13.8 Å². The molecule has 0 aliphatic carbocycles. The number of alkyl halides is 2. The van der Waals surface area contributed by atoms with E-state index in [9.17, 15) is 18.4 Å². The molecule has 9 nitrogen and oxygen atoms in total. The molecule has 13 heteroatoms.